The predicted molar refractivity (Wildman–Crippen MR) is 78.4 cm³/mol. The highest BCUT2D eigenvalue weighted by Crippen LogP contribution is 2.17. The Labute approximate surface area is 117 Å². The number of aromatic nitrogens is 3. The number of aliphatic hydroxyl groups excluding tert-OH is 1. The van der Waals surface area contributed by atoms with Gasteiger partial charge in [-0.05, 0) is 22.8 Å². The fourth-order valence-electron chi connectivity index (χ4n) is 2.44. The van der Waals surface area contributed by atoms with Gasteiger partial charge in [-0.25, -0.2) is 0 Å². The van der Waals surface area contributed by atoms with Crippen LogP contribution in [0.3, 0.4) is 0 Å². The molecular weight excluding hydrogens is 250 g/mol. The molecule has 0 aliphatic heterocycles. The minimum atomic E-state index is -0.437. The molecule has 0 spiro atoms. The minimum absolute atomic E-state index is 0.437. The smallest absolute Gasteiger partial charge is 0.0852 e. The number of hydrogen-bond donors (Lipinski definition) is 1. The third kappa shape index (κ3) is 2.86. The minimum Gasteiger partial charge on any atom is -0.392 e. The van der Waals surface area contributed by atoms with E-state index in [2.05, 4.69) is 40.6 Å². The van der Waals surface area contributed by atoms with Gasteiger partial charge in [-0.1, -0.05) is 47.7 Å². The number of benzene rings is 2. The predicted octanol–water partition coefficient (Wildman–Crippen LogP) is 2.11. The molecule has 20 heavy (non-hydrogen) atoms. The highest BCUT2D eigenvalue weighted by molar-refractivity contribution is 5.82. The maximum atomic E-state index is 10.2. The van der Waals surface area contributed by atoms with E-state index in [1.807, 2.05) is 25.4 Å². The molecule has 0 bridgehead atoms. The van der Waals surface area contributed by atoms with Crippen LogP contribution in [0.5, 0.6) is 0 Å². The van der Waals surface area contributed by atoms with Crippen molar-refractivity contribution in [2.24, 2.45) is 7.05 Å². The molecule has 4 heteroatoms. The molecule has 1 unspecified atom stereocenters. The summed E-state index contributed by atoms with van der Waals surface area (Å²) in [6.45, 7) is 0. The Morgan fingerprint density at radius 1 is 1.10 bits per heavy atom. The van der Waals surface area contributed by atoms with Crippen molar-refractivity contribution in [2.45, 2.75) is 18.9 Å². The summed E-state index contributed by atoms with van der Waals surface area (Å²) in [5, 5.41) is 20.5. The highest BCUT2D eigenvalue weighted by atomic mass is 16.3. The molecule has 3 rings (SSSR count). The van der Waals surface area contributed by atoms with Gasteiger partial charge in [0.25, 0.3) is 0 Å². The number of fused-ring (bicyclic) bond motifs is 1. The Morgan fingerprint density at radius 3 is 2.65 bits per heavy atom. The lowest BCUT2D eigenvalue weighted by molar-refractivity contribution is 0.174. The van der Waals surface area contributed by atoms with Crippen molar-refractivity contribution in [1.82, 2.24) is 15.0 Å². The Kier molecular flexibility index (Phi) is 3.48. The summed E-state index contributed by atoms with van der Waals surface area (Å²) >= 11 is 0. The number of nitrogens with zero attached hydrogens (tertiary/aromatic N) is 3. The second kappa shape index (κ2) is 5.43. The van der Waals surface area contributed by atoms with Crippen molar-refractivity contribution >= 4 is 10.8 Å². The highest BCUT2D eigenvalue weighted by Gasteiger charge is 2.09. The molecule has 1 aromatic heterocycles. The Morgan fingerprint density at radius 2 is 1.90 bits per heavy atom. The molecule has 102 valence electrons. The lowest BCUT2D eigenvalue weighted by Crippen LogP contribution is -2.14. The summed E-state index contributed by atoms with van der Waals surface area (Å²) < 4.78 is 1.65. The summed E-state index contributed by atoms with van der Waals surface area (Å²) in [4.78, 5) is 0. The van der Waals surface area contributed by atoms with Gasteiger partial charge < -0.3 is 5.11 Å². The van der Waals surface area contributed by atoms with Gasteiger partial charge in [0.05, 0.1) is 11.8 Å². The zero-order valence-corrected chi connectivity index (χ0v) is 11.4. The fraction of sp³-hybridized carbons (Fsp3) is 0.250. The average Bonchev–Trinajstić information content (AvgIpc) is 2.83. The number of rotatable bonds is 4. The van der Waals surface area contributed by atoms with Crippen LogP contribution in [0.15, 0.2) is 48.7 Å². The quantitative estimate of drug-likeness (QED) is 0.787. The van der Waals surface area contributed by atoms with E-state index in [0.29, 0.717) is 12.8 Å². The van der Waals surface area contributed by atoms with Gasteiger partial charge in [-0.3, -0.25) is 4.68 Å². The monoisotopic (exact) mass is 267 g/mol. The molecule has 0 radical (unpaired) electrons. The van der Waals surface area contributed by atoms with Crippen LogP contribution in [0, 0.1) is 0 Å². The molecular formula is C16H17N3O. The normalized spacial score (nSPS) is 12.7. The molecule has 2 aromatic carbocycles. The molecule has 0 saturated carbocycles. The van der Waals surface area contributed by atoms with Crippen molar-refractivity contribution in [3.8, 4) is 0 Å². The molecule has 0 fully saturated rings. The van der Waals surface area contributed by atoms with E-state index in [4.69, 9.17) is 0 Å². The number of aliphatic hydroxyl groups is 1. The van der Waals surface area contributed by atoms with E-state index in [9.17, 15) is 5.11 Å². The standard InChI is InChI=1S/C16H17N3O/c1-19-11-15(17-18-19)10-16(20)9-12-6-7-13-4-2-3-5-14(13)8-12/h2-8,11,16,20H,9-10H2,1H3. The maximum Gasteiger partial charge on any atom is 0.0852 e. The first-order chi connectivity index (χ1) is 9.70. The molecule has 0 amide bonds. The van der Waals surface area contributed by atoms with E-state index < -0.39 is 6.10 Å². The van der Waals surface area contributed by atoms with Gasteiger partial charge in [0, 0.05) is 19.7 Å². The lowest BCUT2D eigenvalue weighted by Gasteiger charge is -2.09. The van der Waals surface area contributed by atoms with Gasteiger partial charge >= 0.3 is 0 Å². The van der Waals surface area contributed by atoms with Crippen LogP contribution < -0.4 is 0 Å². The van der Waals surface area contributed by atoms with Crippen LogP contribution in [0.4, 0.5) is 0 Å². The maximum absolute atomic E-state index is 10.2. The molecule has 0 aliphatic rings. The largest absolute Gasteiger partial charge is 0.392 e. The second-order valence-corrected chi connectivity index (χ2v) is 5.13. The van der Waals surface area contributed by atoms with E-state index in [-0.39, 0.29) is 0 Å². The first-order valence-electron chi connectivity index (χ1n) is 6.71. The zero-order valence-electron chi connectivity index (χ0n) is 11.4. The van der Waals surface area contributed by atoms with E-state index in [0.717, 1.165) is 11.3 Å². The van der Waals surface area contributed by atoms with Crippen molar-refractivity contribution < 1.29 is 5.11 Å². The zero-order chi connectivity index (χ0) is 13.9. The van der Waals surface area contributed by atoms with Crippen LogP contribution in [-0.2, 0) is 19.9 Å². The van der Waals surface area contributed by atoms with Crippen LogP contribution in [0.1, 0.15) is 11.3 Å². The second-order valence-electron chi connectivity index (χ2n) is 5.13. The summed E-state index contributed by atoms with van der Waals surface area (Å²) in [7, 11) is 1.83. The molecule has 1 heterocycles. The summed E-state index contributed by atoms with van der Waals surface area (Å²) in [6, 6.07) is 14.5. The SMILES string of the molecule is Cn1cc(CC(O)Cc2ccc3ccccc3c2)nn1. The summed E-state index contributed by atoms with van der Waals surface area (Å²) in [5.74, 6) is 0. The Hall–Kier alpha value is -2.20. The van der Waals surface area contributed by atoms with Gasteiger partial charge in [-0.15, -0.1) is 5.10 Å². The molecule has 3 aromatic rings. The van der Waals surface area contributed by atoms with Crippen molar-refractivity contribution in [3.05, 3.63) is 59.9 Å². The van der Waals surface area contributed by atoms with E-state index in [1.165, 1.54) is 10.8 Å². The molecule has 4 nitrogen and oxygen atoms in total. The topological polar surface area (TPSA) is 50.9 Å². The Balaban J connectivity index is 1.72. The lowest BCUT2D eigenvalue weighted by atomic mass is 10.0. The Bertz CT molecular complexity index is 720. The molecule has 1 N–H and O–H groups in total. The van der Waals surface area contributed by atoms with Crippen LogP contribution in [-0.4, -0.2) is 26.2 Å². The summed E-state index contributed by atoms with van der Waals surface area (Å²) in [6.07, 6.45) is 2.55. The van der Waals surface area contributed by atoms with E-state index >= 15 is 0 Å². The van der Waals surface area contributed by atoms with Gasteiger partial charge in [0.2, 0.25) is 0 Å². The first-order valence-corrected chi connectivity index (χ1v) is 6.71. The van der Waals surface area contributed by atoms with Crippen LogP contribution in [0.25, 0.3) is 10.8 Å². The number of hydrogen-bond acceptors (Lipinski definition) is 3. The van der Waals surface area contributed by atoms with Crippen LogP contribution in [0.2, 0.25) is 0 Å². The average molecular weight is 267 g/mol. The third-order valence-electron chi connectivity index (χ3n) is 3.38. The first kappa shape index (κ1) is 12.8. The van der Waals surface area contributed by atoms with Crippen molar-refractivity contribution in [3.63, 3.8) is 0 Å². The third-order valence-corrected chi connectivity index (χ3v) is 3.38. The van der Waals surface area contributed by atoms with E-state index in [1.54, 1.807) is 4.68 Å². The van der Waals surface area contributed by atoms with Gasteiger partial charge in [0.15, 0.2) is 0 Å². The number of aryl methyl sites for hydroxylation is 1. The van der Waals surface area contributed by atoms with Crippen molar-refractivity contribution in [1.29, 1.82) is 0 Å². The van der Waals surface area contributed by atoms with Crippen LogP contribution >= 0.6 is 0 Å². The molecule has 1 atom stereocenters. The molecule has 0 saturated heterocycles. The fourth-order valence-corrected chi connectivity index (χ4v) is 2.44. The van der Waals surface area contributed by atoms with Gasteiger partial charge in [0.1, 0.15) is 0 Å². The van der Waals surface area contributed by atoms with Gasteiger partial charge in [-0.2, -0.15) is 0 Å². The molecule has 0 aliphatic carbocycles. The summed E-state index contributed by atoms with van der Waals surface area (Å²) in [5.41, 5.74) is 1.96. The van der Waals surface area contributed by atoms with Crippen molar-refractivity contribution in [2.75, 3.05) is 0 Å².